The third kappa shape index (κ3) is 5.56. The minimum Gasteiger partial charge on any atom is -0.452 e. The predicted octanol–water partition coefficient (Wildman–Crippen LogP) is 4.59. The van der Waals surface area contributed by atoms with E-state index in [1.807, 2.05) is 0 Å². The summed E-state index contributed by atoms with van der Waals surface area (Å²) in [6, 6.07) is 7.88. The van der Waals surface area contributed by atoms with Crippen LogP contribution in [0.4, 0.5) is 5.69 Å². The number of ether oxygens (including phenoxy) is 1. The summed E-state index contributed by atoms with van der Waals surface area (Å²) < 4.78 is 4.88. The summed E-state index contributed by atoms with van der Waals surface area (Å²) in [6.45, 7) is 1.14. The molecule has 0 fully saturated rings. The number of nitrogens with zero attached hydrogens (tertiary/aromatic N) is 1. The number of halogens is 3. The fourth-order valence-corrected chi connectivity index (χ4v) is 2.97. The number of nitro benzene ring substituents is 1. The molecule has 7 nitrogen and oxygen atoms in total. The molecule has 2 aromatic rings. The van der Waals surface area contributed by atoms with Gasteiger partial charge in [-0.25, -0.2) is 4.79 Å². The van der Waals surface area contributed by atoms with Gasteiger partial charge in [-0.05, 0) is 36.8 Å². The number of nitro groups is 1. The molecule has 0 radical (unpaired) electrons. The topological polar surface area (TPSA) is 98.5 Å². The highest BCUT2D eigenvalue weighted by Crippen LogP contribution is 2.26. The second kappa shape index (κ2) is 9.03. The Morgan fingerprint density at radius 3 is 2.48 bits per heavy atom. The molecule has 1 N–H and O–H groups in total. The van der Waals surface area contributed by atoms with E-state index in [2.05, 4.69) is 5.32 Å². The van der Waals surface area contributed by atoms with Crippen molar-refractivity contribution in [3.63, 3.8) is 0 Å². The Balaban J connectivity index is 1.96. The van der Waals surface area contributed by atoms with E-state index in [0.29, 0.717) is 15.6 Å². The van der Waals surface area contributed by atoms with Crippen LogP contribution < -0.4 is 5.32 Å². The van der Waals surface area contributed by atoms with E-state index >= 15 is 0 Å². The highest BCUT2D eigenvalue weighted by molar-refractivity contribution is 6.35. The van der Waals surface area contributed by atoms with Gasteiger partial charge >= 0.3 is 5.97 Å². The van der Waals surface area contributed by atoms with E-state index in [4.69, 9.17) is 39.5 Å². The molecule has 27 heavy (non-hydrogen) atoms. The van der Waals surface area contributed by atoms with Crippen LogP contribution in [0.5, 0.6) is 0 Å². The van der Waals surface area contributed by atoms with Gasteiger partial charge in [0.25, 0.3) is 11.6 Å². The Morgan fingerprint density at radius 1 is 1.15 bits per heavy atom. The number of carbonyl (C=O) groups is 2. The lowest BCUT2D eigenvalue weighted by molar-refractivity contribution is -0.384. The van der Waals surface area contributed by atoms with Crippen LogP contribution in [0, 0.1) is 10.1 Å². The number of hydrogen-bond acceptors (Lipinski definition) is 5. The molecule has 2 aromatic carbocycles. The first-order valence-corrected chi connectivity index (χ1v) is 8.67. The van der Waals surface area contributed by atoms with E-state index < -0.39 is 35.1 Å². The molecule has 0 saturated carbocycles. The minimum atomic E-state index is -0.887. The summed E-state index contributed by atoms with van der Waals surface area (Å²) in [5, 5.41) is 14.2. The SMILES string of the molecule is CC(NC(=O)COC(=O)c1ccc(Cl)c([N+](=O)[O-])c1)c1ccc(Cl)cc1Cl. The maximum absolute atomic E-state index is 12.0. The van der Waals surface area contributed by atoms with E-state index in [1.165, 1.54) is 12.1 Å². The Bertz CT molecular complexity index is 904. The first-order chi connectivity index (χ1) is 12.7. The van der Waals surface area contributed by atoms with Crippen LogP contribution in [0.3, 0.4) is 0 Å². The third-order valence-electron chi connectivity index (χ3n) is 3.52. The zero-order valence-corrected chi connectivity index (χ0v) is 16.1. The normalized spacial score (nSPS) is 11.6. The standard InChI is InChI=1S/C17H13Cl3N2O5/c1-9(12-4-3-11(18)7-14(12)20)21-16(23)8-27-17(24)10-2-5-13(19)15(6-10)22(25)26/h2-7,9H,8H2,1H3,(H,21,23). The molecule has 0 aromatic heterocycles. The summed E-state index contributed by atoms with van der Waals surface area (Å²) >= 11 is 17.6. The highest BCUT2D eigenvalue weighted by atomic mass is 35.5. The quantitative estimate of drug-likeness (QED) is 0.410. The summed E-state index contributed by atoms with van der Waals surface area (Å²) in [6.07, 6.45) is 0. The van der Waals surface area contributed by atoms with Gasteiger partial charge in [0.2, 0.25) is 0 Å². The van der Waals surface area contributed by atoms with Gasteiger partial charge in [-0.3, -0.25) is 14.9 Å². The Kier molecular flexibility index (Phi) is 7.01. The van der Waals surface area contributed by atoms with Gasteiger partial charge in [-0.2, -0.15) is 0 Å². The molecule has 2 rings (SSSR count). The van der Waals surface area contributed by atoms with Gasteiger partial charge in [0, 0.05) is 16.1 Å². The van der Waals surface area contributed by atoms with Crippen LogP contribution in [-0.2, 0) is 9.53 Å². The number of amides is 1. The van der Waals surface area contributed by atoms with Crippen molar-refractivity contribution < 1.29 is 19.2 Å². The van der Waals surface area contributed by atoms with Crippen LogP contribution in [-0.4, -0.2) is 23.4 Å². The molecule has 142 valence electrons. The van der Waals surface area contributed by atoms with Crippen molar-refractivity contribution in [2.75, 3.05) is 6.61 Å². The summed E-state index contributed by atoms with van der Waals surface area (Å²) in [4.78, 5) is 34.1. The third-order valence-corrected chi connectivity index (χ3v) is 4.40. The Labute approximate surface area is 169 Å². The smallest absolute Gasteiger partial charge is 0.338 e. The van der Waals surface area contributed by atoms with Crippen LogP contribution in [0.15, 0.2) is 36.4 Å². The molecule has 1 unspecified atom stereocenters. The zero-order chi connectivity index (χ0) is 20.1. The van der Waals surface area contributed by atoms with Crippen molar-refractivity contribution in [1.29, 1.82) is 0 Å². The van der Waals surface area contributed by atoms with Crippen molar-refractivity contribution >= 4 is 52.4 Å². The van der Waals surface area contributed by atoms with Crippen LogP contribution in [0.2, 0.25) is 15.1 Å². The summed E-state index contributed by atoms with van der Waals surface area (Å²) in [5.41, 5.74) is 0.128. The molecule has 1 amide bonds. The molecule has 10 heteroatoms. The van der Waals surface area contributed by atoms with Gasteiger partial charge in [0.1, 0.15) is 5.02 Å². The van der Waals surface area contributed by atoms with Gasteiger partial charge in [0.15, 0.2) is 6.61 Å². The van der Waals surface area contributed by atoms with Crippen molar-refractivity contribution in [3.05, 3.63) is 72.7 Å². The molecule has 0 aliphatic heterocycles. The van der Waals surface area contributed by atoms with E-state index in [9.17, 15) is 19.7 Å². The lowest BCUT2D eigenvalue weighted by Crippen LogP contribution is -2.31. The van der Waals surface area contributed by atoms with Crippen molar-refractivity contribution in [2.45, 2.75) is 13.0 Å². The van der Waals surface area contributed by atoms with Gasteiger partial charge < -0.3 is 10.1 Å². The van der Waals surface area contributed by atoms with Crippen molar-refractivity contribution in [1.82, 2.24) is 5.32 Å². The number of hydrogen-bond donors (Lipinski definition) is 1. The van der Waals surface area contributed by atoms with Crippen molar-refractivity contribution in [3.8, 4) is 0 Å². The molecule has 0 saturated heterocycles. The maximum Gasteiger partial charge on any atom is 0.338 e. The van der Waals surface area contributed by atoms with Gasteiger partial charge in [0.05, 0.1) is 16.5 Å². The molecule has 0 aliphatic rings. The van der Waals surface area contributed by atoms with Gasteiger partial charge in [-0.15, -0.1) is 0 Å². The van der Waals surface area contributed by atoms with E-state index in [0.717, 1.165) is 6.07 Å². The number of nitrogens with one attached hydrogen (secondary N) is 1. The molecule has 0 spiro atoms. The van der Waals surface area contributed by atoms with Crippen LogP contribution in [0.25, 0.3) is 0 Å². The number of benzene rings is 2. The van der Waals surface area contributed by atoms with Crippen molar-refractivity contribution in [2.24, 2.45) is 0 Å². The number of rotatable bonds is 6. The lowest BCUT2D eigenvalue weighted by atomic mass is 10.1. The second-order valence-corrected chi connectivity index (χ2v) is 6.71. The first kappa shape index (κ1) is 21.0. The Morgan fingerprint density at radius 2 is 1.85 bits per heavy atom. The fraction of sp³-hybridized carbons (Fsp3) is 0.176. The minimum absolute atomic E-state index is 0.0901. The monoisotopic (exact) mass is 430 g/mol. The van der Waals surface area contributed by atoms with Crippen LogP contribution >= 0.6 is 34.8 Å². The lowest BCUT2D eigenvalue weighted by Gasteiger charge is -2.16. The average molecular weight is 432 g/mol. The number of esters is 1. The Hall–Kier alpha value is -2.35. The maximum atomic E-state index is 12.0. The van der Waals surface area contributed by atoms with E-state index in [1.54, 1.807) is 25.1 Å². The molecular weight excluding hydrogens is 419 g/mol. The van der Waals surface area contributed by atoms with Crippen LogP contribution in [0.1, 0.15) is 28.9 Å². The zero-order valence-electron chi connectivity index (χ0n) is 13.9. The fourth-order valence-electron chi connectivity index (χ4n) is 2.21. The first-order valence-electron chi connectivity index (χ1n) is 7.54. The second-order valence-electron chi connectivity index (χ2n) is 5.45. The molecular formula is C17H13Cl3N2O5. The summed E-state index contributed by atoms with van der Waals surface area (Å²) in [5.74, 6) is -1.45. The predicted molar refractivity (Wildman–Crippen MR) is 101 cm³/mol. The molecule has 0 bridgehead atoms. The summed E-state index contributed by atoms with van der Waals surface area (Å²) in [7, 11) is 0. The molecule has 0 heterocycles. The number of carbonyl (C=O) groups excluding carboxylic acids is 2. The average Bonchev–Trinajstić information content (AvgIpc) is 2.59. The highest BCUT2D eigenvalue weighted by Gasteiger charge is 2.19. The largest absolute Gasteiger partial charge is 0.452 e. The molecule has 1 atom stereocenters. The molecule has 0 aliphatic carbocycles. The van der Waals surface area contributed by atoms with Gasteiger partial charge in [-0.1, -0.05) is 40.9 Å². The van der Waals surface area contributed by atoms with E-state index in [-0.39, 0.29) is 10.6 Å².